The van der Waals surface area contributed by atoms with E-state index >= 15 is 0 Å². The number of allylic oxidation sites excluding steroid dienone is 2. The van der Waals surface area contributed by atoms with E-state index in [1.165, 1.54) is 36.0 Å². The molecule has 0 bridgehead atoms. The molecule has 0 spiro atoms. The molecule has 0 amide bonds. The molecule has 1 heteroatoms. The Morgan fingerprint density at radius 2 is 1.52 bits per heavy atom. The molecule has 2 aromatic carbocycles. The van der Waals surface area contributed by atoms with Gasteiger partial charge in [-0.1, -0.05) is 66.7 Å². The molecule has 0 saturated carbocycles. The maximum Gasteiger partial charge on any atom is 0.0161 e. The molecular weight excluding hydrogens is 278 g/mol. The summed E-state index contributed by atoms with van der Waals surface area (Å²) < 4.78 is 0. The lowest BCUT2D eigenvalue weighted by Gasteiger charge is -2.35. The standard InChI is InChI=1S/C22H27N/c1-23(2)22-16-10-9-15-20(18-11-5-3-6-12-18)17-21(22)19-13-7-4-8-14-19/h3-8,11-15,21-22H,9-10,16-17H2,1-2H3/b20-15-/t21-,22+/m1/s1. The number of likely N-dealkylation sites (N-methyl/N-ethyl adjacent to an activating group) is 1. The first kappa shape index (κ1) is 16.0. The van der Waals surface area contributed by atoms with Crippen LogP contribution >= 0.6 is 0 Å². The fourth-order valence-corrected chi connectivity index (χ4v) is 3.81. The molecule has 0 saturated heterocycles. The Labute approximate surface area is 140 Å². The van der Waals surface area contributed by atoms with Crippen LogP contribution in [0.25, 0.3) is 5.57 Å². The summed E-state index contributed by atoms with van der Waals surface area (Å²) in [7, 11) is 4.46. The Balaban J connectivity index is 1.96. The van der Waals surface area contributed by atoms with Crippen molar-refractivity contribution in [2.45, 2.75) is 37.6 Å². The number of hydrogen-bond donors (Lipinski definition) is 0. The van der Waals surface area contributed by atoms with Gasteiger partial charge in [0.2, 0.25) is 0 Å². The van der Waals surface area contributed by atoms with E-state index in [1.807, 2.05) is 0 Å². The summed E-state index contributed by atoms with van der Waals surface area (Å²) >= 11 is 0. The van der Waals surface area contributed by atoms with E-state index in [2.05, 4.69) is 85.7 Å². The smallest absolute Gasteiger partial charge is 0.0161 e. The van der Waals surface area contributed by atoms with Gasteiger partial charge >= 0.3 is 0 Å². The first-order valence-electron chi connectivity index (χ1n) is 8.71. The van der Waals surface area contributed by atoms with Crippen molar-refractivity contribution in [2.24, 2.45) is 0 Å². The van der Waals surface area contributed by atoms with Crippen LogP contribution in [0.4, 0.5) is 0 Å². The van der Waals surface area contributed by atoms with Gasteiger partial charge in [0.15, 0.2) is 0 Å². The van der Waals surface area contributed by atoms with E-state index in [0.29, 0.717) is 12.0 Å². The molecule has 3 rings (SSSR count). The first-order chi connectivity index (χ1) is 11.3. The summed E-state index contributed by atoms with van der Waals surface area (Å²) in [6.07, 6.45) is 7.32. The van der Waals surface area contributed by atoms with Crippen LogP contribution in [0.1, 0.15) is 42.7 Å². The highest BCUT2D eigenvalue weighted by atomic mass is 15.1. The molecule has 0 aromatic heterocycles. The number of hydrogen-bond acceptors (Lipinski definition) is 1. The molecule has 0 radical (unpaired) electrons. The third-order valence-electron chi connectivity index (χ3n) is 5.03. The normalized spacial score (nSPS) is 24.6. The zero-order valence-corrected chi connectivity index (χ0v) is 14.3. The molecular formula is C22H27N. The Hall–Kier alpha value is -1.86. The van der Waals surface area contributed by atoms with Gasteiger partial charge in [-0.15, -0.1) is 0 Å². The molecule has 2 atom stereocenters. The van der Waals surface area contributed by atoms with Crippen LogP contribution in [-0.4, -0.2) is 25.0 Å². The van der Waals surface area contributed by atoms with Crippen molar-refractivity contribution in [3.8, 4) is 0 Å². The van der Waals surface area contributed by atoms with Crippen LogP contribution in [0.5, 0.6) is 0 Å². The molecule has 1 aliphatic carbocycles. The first-order valence-corrected chi connectivity index (χ1v) is 8.71. The van der Waals surface area contributed by atoms with Crippen molar-refractivity contribution in [1.29, 1.82) is 0 Å². The molecule has 23 heavy (non-hydrogen) atoms. The van der Waals surface area contributed by atoms with E-state index in [-0.39, 0.29) is 0 Å². The minimum Gasteiger partial charge on any atom is -0.306 e. The maximum absolute atomic E-state index is 2.47. The van der Waals surface area contributed by atoms with Crippen molar-refractivity contribution in [3.05, 3.63) is 77.9 Å². The SMILES string of the molecule is CN(C)[C@H]1CCC/C=C(\c2ccccc2)C[C@@H]1c1ccccc1. The summed E-state index contributed by atoms with van der Waals surface area (Å²) in [4.78, 5) is 2.42. The molecule has 1 nitrogen and oxygen atoms in total. The summed E-state index contributed by atoms with van der Waals surface area (Å²) in [5.41, 5.74) is 4.36. The monoisotopic (exact) mass is 305 g/mol. The lowest BCUT2D eigenvalue weighted by Crippen LogP contribution is -2.34. The second kappa shape index (κ2) is 7.61. The third-order valence-corrected chi connectivity index (χ3v) is 5.03. The highest BCUT2D eigenvalue weighted by molar-refractivity contribution is 5.66. The molecule has 0 aliphatic heterocycles. The van der Waals surface area contributed by atoms with Crippen molar-refractivity contribution in [1.82, 2.24) is 4.90 Å². The van der Waals surface area contributed by atoms with E-state index in [0.717, 1.165) is 6.42 Å². The number of benzene rings is 2. The summed E-state index contributed by atoms with van der Waals surface area (Å²) in [5, 5.41) is 0. The van der Waals surface area contributed by atoms with Crippen LogP contribution < -0.4 is 0 Å². The van der Waals surface area contributed by atoms with Crippen molar-refractivity contribution in [2.75, 3.05) is 14.1 Å². The fourth-order valence-electron chi connectivity index (χ4n) is 3.81. The predicted octanol–water partition coefficient (Wildman–Crippen LogP) is 5.36. The van der Waals surface area contributed by atoms with Gasteiger partial charge in [0.05, 0.1) is 0 Å². The Bertz CT molecular complexity index is 628. The molecule has 2 aromatic rings. The van der Waals surface area contributed by atoms with Crippen molar-refractivity contribution < 1.29 is 0 Å². The predicted molar refractivity (Wildman–Crippen MR) is 99.5 cm³/mol. The van der Waals surface area contributed by atoms with Gasteiger partial charge in [0, 0.05) is 12.0 Å². The molecule has 0 N–H and O–H groups in total. The summed E-state index contributed by atoms with van der Waals surface area (Å²) in [5.74, 6) is 0.554. The van der Waals surface area contributed by atoms with Crippen LogP contribution in [-0.2, 0) is 0 Å². The van der Waals surface area contributed by atoms with Gasteiger partial charge in [-0.25, -0.2) is 0 Å². The second-order valence-electron chi connectivity index (χ2n) is 6.78. The molecule has 0 fully saturated rings. The van der Waals surface area contributed by atoms with Gasteiger partial charge in [-0.05, 0) is 56.5 Å². The minimum absolute atomic E-state index is 0.554. The topological polar surface area (TPSA) is 3.24 Å². The van der Waals surface area contributed by atoms with Crippen molar-refractivity contribution in [3.63, 3.8) is 0 Å². The highest BCUT2D eigenvalue weighted by Gasteiger charge is 2.27. The Kier molecular flexibility index (Phi) is 5.30. The van der Waals surface area contributed by atoms with Crippen LogP contribution in [0.2, 0.25) is 0 Å². The van der Waals surface area contributed by atoms with Crippen LogP contribution in [0, 0.1) is 0 Å². The van der Waals surface area contributed by atoms with E-state index in [4.69, 9.17) is 0 Å². The number of rotatable bonds is 3. The van der Waals surface area contributed by atoms with Gasteiger partial charge in [0.1, 0.15) is 0 Å². The maximum atomic E-state index is 2.47. The lowest BCUT2D eigenvalue weighted by molar-refractivity contribution is 0.234. The largest absolute Gasteiger partial charge is 0.306 e. The molecule has 0 heterocycles. The zero-order chi connectivity index (χ0) is 16.1. The highest BCUT2D eigenvalue weighted by Crippen LogP contribution is 2.37. The van der Waals surface area contributed by atoms with Crippen LogP contribution in [0.15, 0.2) is 66.7 Å². The van der Waals surface area contributed by atoms with Gasteiger partial charge in [-0.2, -0.15) is 0 Å². The van der Waals surface area contributed by atoms with E-state index in [1.54, 1.807) is 0 Å². The van der Waals surface area contributed by atoms with E-state index in [9.17, 15) is 0 Å². The van der Waals surface area contributed by atoms with Gasteiger partial charge in [-0.3, -0.25) is 0 Å². The Morgan fingerprint density at radius 3 is 2.17 bits per heavy atom. The summed E-state index contributed by atoms with van der Waals surface area (Å²) in [6.45, 7) is 0. The summed E-state index contributed by atoms with van der Waals surface area (Å²) in [6, 6.07) is 22.6. The molecule has 0 unspecified atom stereocenters. The van der Waals surface area contributed by atoms with Crippen LogP contribution in [0.3, 0.4) is 0 Å². The number of nitrogens with zero attached hydrogens (tertiary/aromatic N) is 1. The fraction of sp³-hybridized carbons (Fsp3) is 0.364. The molecule has 1 aliphatic rings. The molecule has 120 valence electrons. The second-order valence-corrected chi connectivity index (χ2v) is 6.78. The lowest BCUT2D eigenvalue weighted by atomic mass is 9.79. The van der Waals surface area contributed by atoms with Gasteiger partial charge < -0.3 is 4.90 Å². The average Bonchev–Trinajstić information content (AvgIpc) is 2.56. The minimum atomic E-state index is 0.554. The average molecular weight is 305 g/mol. The van der Waals surface area contributed by atoms with Crippen molar-refractivity contribution >= 4 is 5.57 Å². The van der Waals surface area contributed by atoms with Gasteiger partial charge in [0.25, 0.3) is 0 Å². The Morgan fingerprint density at radius 1 is 0.870 bits per heavy atom. The quantitative estimate of drug-likeness (QED) is 0.738. The zero-order valence-electron chi connectivity index (χ0n) is 14.3. The van der Waals surface area contributed by atoms with E-state index < -0.39 is 0 Å². The third kappa shape index (κ3) is 3.92.